The summed E-state index contributed by atoms with van der Waals surface area (Å²) in [6.07, 6.45) is 2.52. The fourth-order valence-electron chi connectivity index (χ4n) is 3.88. The molecule has 0 aromatic heterocycles. The second-order valence-electron chi connectivity index (χ2n) is 7.46. The van der Waals surface area contributed by atoms with Gasteiger partial charge in [-0.3, -0.25) is 4.90 Å². The van der Waals surface area contributed by atoms with E-state index in [0.717, 1.165) is 44.5 Å². The first-order valence-electron chi connectivity index (χ1n) is 8.80. The van der Waals surface area contributed by atoms with Gasteiger partial charge in [0.25, 0.3) is 0 Å². The van der Waals surface area contributed by atoms with Gasteiger partial charge < -0.3 is 14.4 Å². The topological polar surface area (TPSA) is 24.9 Å². The molecule has 0 radical (unpaired) electrons. The summed E-state index contributed by atoms with van der Waals surface area (Å²) in [6, 6.07) is 8.43. The fraction of sp³-hybridized carbons (Fsp3) is 0.684. The van der Waals surface area contributed by atoms with Crippen LogP contribution in [0.5, 0.6) is 5.75 Å². The maximum Gasteiger partial charge on any atom is 0.120 e. The van der Waals surface area contributed by atoms with E-state index in [0.29, 0.717) is 0 Å². The predicted molar refractivity (Wildman–Crippen MR) is 94.4 cm³/mol. The minimum Gasteiger partial charge on any atom is -0.497 e. The maximum absolute atomic E-state index is 5.50. The predicted octanol–water partition coefficient (Wildman–Crippen LogP) is 3.02. The van der Waals surface area contributed by atoms with Crippen LogP contribution in [-0.2, 0) is 4.74 Å². The van der Waals surface area contributed by atoms with Gasteiger partial charge in [0.2, 0.25) is 0 Å². The van der Waals surface area contributed by atoms with Gasteiger partial charge in [-0.2, -0.15) is 0 Å². The third kappa shape index (κ3) is 3.99. The lowest BCUT2D eigenvalue weighted by atomic mass is 9.96. The van der Waals surface area contributed by atoms with Crippen LogP contribution in [0.2, 0.25) is 0 Å². The normalized spacial score (nSPS) is 24.8. The number of hydrogen-bond donors (Lipinski definition) is 0. The first-order valence-corrected chi connectivity index (χ1v) is 8.80. The smallest absolute Gasteiger partial charge is 0.120 e. The van der Waals surface area contributed by atoms with E-state index in [-0.39, 0.29) is 5.54 Å². The quantitative estimate of drug-likeness (QED) is 0.833. The summed E-state index contributed by atoms with van der Waals surface area (Å²) >= 11 is 0. The molecule has 2 heterocycles. The molecule has 1 atom stereocenters. The molecule has 0 N–H and O–H groups in total. The lowest BCUT2D eigenvalue weighted by Crippen LogP contribution is -2.59. The van der Waals surface area contributed by atoms with Crippen molar-refractivity contribution in [2.45, 2.75) is 32.2 Å². The van der Waals surface area contributed by atoms with E-state index in [1.807, 2.05) is 6.07 Å². The van der Waals surface area contributed by atoms with E-state index >= 15 is 0 Å². The molecule has 1 aromatic rings. The average molecular weight is 318 g/mol. The van der Waals surface area contributed by atoms with Crippen molar-refractivity contribution in [3.05, 3.63) is 24.3 Å². The van der Waals surface area contributed by atoms with Gasteiger partial charge in [-0.25, -0.2) is 0 Å². The van der Waals surface area contributed by atoms with Crippen LogP contribution in [0.3, 0.4) is 0 Å². The first kappa shape index (κ1) is 16.6. The number of piperazine rings is 1. The Kier molecular flexibility index (Phi) is 5.12. The third-order valence-corrected chi connectivity index (χ3v) is 5.22. The van der Waals surface area contributed by atoms with Crippen molar-refractivity contribution in [1.29, 1.82) is 0 Å². The Morgan fingerprint density at radius 3 is 2.87 bits per heavy atom. The van der Waals surface area contributed by atoms with E-state index in [4.69, 9.17) is 9.47 Å². The van der Waals surface area contributed by atoms with E-state index in [9.17, 15) is 0 Å². The lowest BCUT2D eigenvalue weighted by Gasteiger charge is -2.48. The number of ether oxygens (including phenoxy) is 2. The van der Waals surface area contributed by atoms with Crippen molar-refractivity contribution in [3.8, 4) is 5.75 Å². The molecule has 1 aromatic carbocycles. The van der Waals surface area contributed by atoms with E-state index in [2.05, 4.69) is 41.8 Å². The van der Waals surface area contributed by atoms with Gasteiger partial charge in [0, 0.05) is 50.1 Å². The van der Waals surface area contributed by atoms with Gasteiger partial charge in [0.15, 0.2) is 0 Å². The van der Waals surface area contributed by atoms with Crippen LogP contribution in [0.1, 0.15) is 26.7 Å². The van der Waals surface area contributed by atoms with Gasteiger partial charge in [-0.1, -0.05) is 6.07 Å². The number of nitrogens with zero attached hydrogens (tertiary/aromatic N) is 2. The van der Waals surface area contributed by atoms with Crippen molar-refractivity contribution in [2.24, 2.45) is 5.92 Å². The summed E-state index contributed by atoms with van der Waals surface area (Å²) in [5.41, 5.74) is 1.40. The number of methoxy groups -OCH3 is 1. The molecule has 0 bridgehead atoms. The number of hydrogen-bond acceptors (Lipinski definition) is 4. The second-order valence-corrected chi connectivity index (χ2v) is 7.46. The van der Waals surface area contributed by atoms with Gasteiger partial charge in [0.05, 0.1) is 7.11 Å². The molecule has 2 fully saturated rings. The molecule has 128 valence electrons. The summed E-state index contributed by atoms with van der Waals surface area (Å²) in [5.74, 6) is 1.71. The Hall–Kier alpha value is -1.26. The molecule has 0 spiro atoms. The van der Waals surface area contributed by atoms with E-state index < -0.39 is 0 Å². The molecular formula is C19H30N2O2. The summed E-state index contributed by atoms with van der Waals surface area (Å²) < 4.78 is 10.9. The number of anilines is 1. The van der Waals surface area contributed by atoms with E-state index in [1.54, 1.807) is 7.11 Å². The largest absolute Gasteiger partial charge is 0.497 e. The Balaban J connectivity index is 1.60. The Morgan fingerprint density at radius 2 is 2.17 bits per heavy atom. The molecule has 4 nitrogen and oxygen atoms in total. The second kappa shape index (κ2) is 7.10. The van der Waals surface area contributed by atoms with Gasteiger partial charge in [0.1, 0.15) is 5.75 Å². The highest BCUT2D eigenvalue weighted by atomic mass is 16.5. The highest BCUT2D eigenvalue weighted by Gasteiger charge is 2.34. The van der Waals surface area contributed by atoms with Crippen molar-refractivity contribution in [1.82, 2.24) is 4.90 Å². The molecule has 2 aliphatic rings. The first-order chi connectivity index (χ1) is 11.1. The standard InChI is InChI=1S/C19H30N2O2/c1-19(2)15-20(9-7-16-8-12-23-14-16)10-11-21(19)17-5-4-6-18(13-17)22-3/h4-6,13,16H,7-12,14-15H2,1-3H3/t16-/m1/s1. The third-order valence-electron chi connectivity index (χ3n) is 5.22. The highest BCUT2D eigenvalue weighted by Crippen LogP contribution is 2.30. The maximum atomic E-state index is 5.50. The molecule has 0 unspecified atom stereocenters. The van der Waals surface area contributed by atoms with Crippen LogP contribution >= 0.6 is 0 Å². The SMILES string of the molecule is COc1cccc(N2CCN(CC[C@@H]3CCOC3)CC2(C)C)c1. The van der Waals surface area contributed by atoms with Gasteiger partial charge >= 0.3 is 0 Å². The Labute approximate surface area is 140 Å². The number of benzene rings is 1. The summed E-state index contributed by atoms with van der Waals surface area (Å²) in [7, 11) is 1.73. The van der Waals surface area contributed by atoms with Gasteiger partial charge in [-0.15, -0.1) is 0 Å². The monoisotopic (exact) mass is 318 g/mol. The zero-order valence-corrected chi connectivity index (χ0v) is 14.8. The average Bonchev–Trinajstić information content (AvgIpc) is 3.05. The van der Waals surface area contributed by atoms with Crippen LogP contribution in [-0.4, -0.2) is 56.9 Å². The zero-order valence-electron chi connectivity index (χ0n) is 14.8. The highest BCUT2D eigenvalue weighted by molar-refractivity contribution is 5.53. The fourth-order valence-corrected chi connectivity index (χ4v) is 3.88. The van der Waals surface area contributed by atoms with E-state index in [1.165, 1.54) is 25.1 Å². The molecule has 0 amide bonds. The van der Waals surface area contributed by atoms with Crippen LogP contribution in [0, 0.1) is 5.92 Å². The molecule has 3 rings (SSSR count). The molecule has 2 aliphatic heterocycles. The van der Waals surface area contributed by atoms with Crippen molar-refractivity contribution in [3.63, 3.8) is 0 Å². The van der Waals surface area contributed by atoms with Crippen molar-refractivity contribution < 1.29 is 9.47 Å². The minimum atomic E-state index is 0.136. The van der Waals surface area contributed by atoms with Crippen LogP contribution < -0.4 is 9.64 Å². The number of rotatable bonds is 5. The van der Waals surface area contributed by atoms with Crippen molar-refractivity contribution in [2.75, 3.05) is 51.4 Å². The molecular weight excluding hydrogens is 288 g/mol. The molecule has 0 saturated carbocycles. The van der Waals surface area contributed by atoms with Crippen LogP contribution in [0.25, 0.3) is 0 Å². The summed E-state index contributed by atoms with van der Waals surface area (Å²) in [4.78, 5) is 5.14. The minimum absolute atomic E-state index is 0.136. The molecule has 0 aliphatic carbocycles. The van der Waals surface area contributed by atoms with Crippen LogP contribution in [0.15, 0.2) is 24.3 Å². The lowest BCUT2D eigenvalue weighted by molar-refractivity contribution is 0.158. The summed E-state index contributed by atoms with van der Waals surface area (Å²) in [5, 5.41) is 0. The van der Waals surface area contributed by atoms with Gasteiger partial charge in [-0.05, 0) is 51.3 Å². The molecule has 2 saturated heterocycles. The molecule has 23 heavy (non-hydrogen) atoms. The molecule has 4 heteroatoms. The Morgan fingerprint density at radius 1 is 1.30 bits per heavy atom. The zero-order chi connectivity index (χ0) is 16.3. The van der Waals surface area contributed by atoms with Crippen molar-refractivity contribution >= 4 is 5.69 Å². The Bertz CT molecular complexity index is 512. The van der Waals surface area contributed by atoms with Crippen LogP contribution in [0.4, 0.5) is 5.69 Å². The summed E-state index contributed by atoms with van der Waals surface area (Å²) in [6.45, 7) is 11.1.